The minimum absolute atomic E-state index is 0.153. The van der Waals surface area contributed by atoms with E-state index in [4.69, 9.17) is 32.7 Å². The molecule has 23 heavy (non-hydrogen) atoms. The summed E-state index contributed by atoms with van der Waals surface area (Å²) in [7, 11) is 5.45. The Balaban J connectivity index is 2.73. The molecule has 1 rings (SSSR count). The van der Waals surface area contributed by atoms with E-state index in [1.807, 2.05) is 19.0 Å². The summed E-state index contributed by atoms with van der Waals surface area (Å²) < 4.78 is 10.3. The number of carbonyl (C=O) groups excluding carboxylic acids is 1. The molecular weight excluding hydrogens is 341 g/mol. The smallest absolute Gasteiger partial charge is 0.291 e. The third-order valence-electron chi connectivity index (χ3n) is 2.73. The minimum Gasteiger partial charge on any atom is -0.463 e. The molecule has 128 valence electrons. The zero-order chi connectivity index (χ0) is 17.2. The fourth-order valence-electron chi connectivity index (χ4n) is 1.50. The van der Waals surface area contributed by atoms with Gasteiger partial charge < -0.3 is 14.4 Å². The number of aliphatic imine (C=N–C) groups is 1. The van der Waals surface area contributed by atoms with Crippen LogP contribution in [0.4, 0.5) is 0 Å². The van der Waals surface area contributed by atoms with Gasteiger partial charge in [0.2, 0.25) is 0 Å². The third kappa shape index (κ3) is 7.65. The van der Waals surface area contributed by atoms with Crippen LogP contribution in [-0.4, -0.2) is 64.3 Å². The molecule has 0 heterocycles. The van der Waals surface area contributed by atoms with Crippen LogP contribution in [0.2, 0.25) is 10.0 Å². The number of nitrogens with zero attached hydrogens (tertiary/aromatic N) is 2. The van der Waals surface area contributed by atoms with Gasteiger partial charge in [-0.15, -0.1) is 0 Å². The van der Waals surface area contributed by atoms with Crippen molar-refractivity contribution < 1.29 is 14.3 Å². The molecule has 0 atom stereocenters. The average molecular weight is 362 g/mol. The number of methoxy groups -OCH3 is 1. The topological polar surface area (TPSA) is 63.2 Å². The first kappa shape index (κ1) is 19.7. The molecule has 0 saturated heterocycles. The Morgan fingerprint density at radius 2 is 2.00 bits per heavy atom. The summed E-state index contributed by atoms with van der Waals surface area (Å²) in [6.07, 6.45) is 0. The zero-order valence-electron chi connectivity index (χ0n) is 13.4. The Bertz CT molecular complexity index is 551. The highest BCUT2D eigenvalue weighted by molar-refractivity contribution is 6.42. The van der Waals surface area contributed by atoms with E-state index >= 15 is 0 Å². The van der Waals surface area contributed by atoms with Crippen molar-refractivity contribution >= 4 is 35.1 Å². The molecule has 0 spiro atoms. The summed E-state index contributed by atoms with van der Waals surface area (Å²) in [6.45, 7) is 1.92. The van der Waals surface area contributed by atoms with E-state index in [2.05, 4.69) is 10.3 Å². The zero-order valence-corrected chi connectivity index (χ0v) is 14.9. The van der Waals surface area contributed by atoms with E-state index in [-0.39, 0.29) is 11.9 Å². The maximum Gasteiger partial charge on any atom is 0.291 e. The first-order chi connectivity index (χ1) is 10.9. The number of hydrogen-bond donors (Lipinski definition) is 1. The first-order valence-electron chi connectivity index (χ1n) is 7.01. The Morgan fingerprint density at radius 1 is 1.26 bits per heavy atom. The standard InChI is InChI=1S/C15H21Cl2N3O3/c1-20(2)7-6-18-15(23-9-8-22-3)19-14(21)11-4-5-12(16)13(17)10-11/h4-5,10H,6-9H2,1-3H3,(H,18,19,21). The van der Waals surface area contributed by atoms with E-state index in [0.29, 0.717) is 35.4 Å². The normalized spacial score (nSPS) is 11.7. The van der Waals surface area contributed by atoms with Crippen molar-refractivity contribution in [3.8, 4) is 0 Å². The van der Waals surface area contributed by atoms with E-state index in [1.165, 1.54) is 6.07 Å². The van der Waals surface area contributed by atoms with Crippen molar-refractivity contribution in [1.82, 2.24) is 10.2 Å². The van der Waals surface area contributed by atoms with Crippen LogP contribution < -0.4 is 5.32 Å². The Kier molecular flexibility index (Phi) is 8.94. The van der Waals surface area contributed by atoms with Crippen LogP contribution in [0.15, 0.2) is 23.2 Å². The van der Waals surface area contributed by atoms with Gasteiger partial charge in [-0.05, 0) is 32.3 Å². The van der Waals surface area contributed by atoms with Crippen LogP contribution in [0.1, 0.15) is 10.4 Å². The number of rotatable bonds is 7. The van der Waals surface area contributed by atoms with Crippen LogP contribution in [0, 0.1) is 0 Å². The molecule has 1 amide bonds. The molecule has 1 N–H and O–H groups in total. The lowest BCUT2D eigenvalue weighted by Crippen LogP contribution is -2.34. The monoisotopic (exact) mass is 361 g/mol. The van der Waals surface area contributed by atoms with Crippen molar-refractivity contribution in [2.24, 2.45) is 4.99 Å². The summed E-state index contributed by atoms with van der Waals surface area (Å²) in [6, 6.07) is 4.79. The number of amidine groups is 1. The number of nitrogens with one attached hydrogen (secondary N) is 1. The number of halogens is 2. The molecule has 0 aliphatic heterocycles. The first-order valence-corrected chi connectivity index (χ1v) is 7.77. The molecule has 6 nitrogen and oxygen atoms in total. The second kappa shape index (κ2) is 10.4. The van der Waals surface area contributed by atoms with Gasteiger partial charge >= 0.3 is 0 Å². The van der Waals surface area contributed by atoms with Crippen molar-refractivity contribution in [2.75, 3.05) is 47.5 Å². The highest BCUT2D eigenvalue weighted by Gasteiger charge is 2.11. The van der Waals surface area contributed by atoms with Gasteiger partial charge in [-0.1, -0.05) is 23.2 Å². The highest BCUT2D eigenvalue weighted by atomic mass is 35.5. The number of benzene rings is 1. The van der Waals surface area contributed by atoms with Gasteiger partial charge in [-0.3, -0.25) is 10.1 Å². The van der Waals surface area contributed by atoms with E-state index in [9.17, 15) is 4.79 Å². The highest BCUT2D eigenvalue weighted by Crippen LogP contribution is 2.22. The fourth-order valence-corrected chi connectivity index (χ4v) is 1.80. The van der Waals surface area contributed by atoms with Gasteiger partial charge in [0.1, 0.15) is 6.61 Å². The second-order valence-corrected chi connectivity index (χ2v) is 5.73. The molecule has 0 aromatic heterocycles. The molecule has 1 aromatic rings. The van der Waals surface area contributed by atoms with Gasteiger partial charge in [-0.2, -0.15) is 0 Å². The van der Waals surface area contributed by atoms with Crippen molar-refractivity contribution in [1.29, 1.82) is 0 Å². The molecule has 0 bridgehead atoms. The molecule has 1 aromatic carbocycles. The number of carbonyl (C=O) groups is 1. The number of amides is 1. The molecule has 0 fully saturated rings. The summed E-state index contributed by atoms with van der Waals surface area (Å²) >= 11 is 11.8. The Labute approximate surface area is 146 Å². The molecule has 0 radical (unpaired) electrons. The fraction of sp³-hybridized carbons (Fsp3) is 0.467. The van der Waals surface area contributed by atoms with Gasteiger partial charge in [-0.25, -0.2) is 4.99 Å². The van der Waals surface area contributed by atoms with Crippen molar-refractivity contribution in [3.05, 3.63) is 33.8 Å². The maximum atomic E-state index is 12.2. The van der Waals surface area contributed by atoms with Crippen LogP contribution in [0.5, 0.6) is 0 Å². The molecular formula is C15H21Cl2N3O3. The lowest BCUT2D eigenvalue weighted by molar-refractivity contribution is 0.0954. The van der Waals surface area contributed by atoms with Gasteiger partial charge in [0, 0.05) is 19.2 Å². The van der Waals surface area contributed by atoms with E-state index in [0.717, 1.165) is 6.54 Å². The van der Waals surface area contributed by atoms with Crippen LogP contribution in [0.3, 0.4) is 0 Å². The number of likely N-dealkylation sites (N-methyl/N-ethyl adjacent to an activating group) is 1. The summed E-state index contributed by atoms with van der Waals surface area (Å²) in [5, 5.41) is 3.32. The number of hydrogen-bond acceptors (Lipinski definition) is 5. The molecule has 0 aliphatic rings. The second-order valence-electron chi connectivity index (χ2n) is 4.91. The third-order valence-corrected chi connectivity index (χ3v) is 3.47. The molecule has 0 aliphatic carbocycles. The van der Waals surface area contributed by atoms with Gasteiger partial charge in [0.05, 0.1) is 23.2 Å². The summed E-state index contributed by atoms with van der Waals surface area (Å²) in [5.41, 5.74) is 0.370. The molecule has 0 unspecified atom stereocenters. The summed E-state index contributed by atoms with van der Waals surface area (Å²) in [5.74, 6) is -0.371. The van der Waals surface area contributed by atoms with Crippen molar-refractivity contribution in [3.63, 3.8) is 0 Å². The predicted octanol–water partition coefficient (Wildman–Crippen LogP) is 2.30. The van der Waals surface area contributed by atoms with Crippen molar-refractivity contribution in [2.45, 2.75) is 0 Å². The average Bonchev–Trinajstić information content (AvgIpc) is 2.49. The summed E-state index contributed by atoms with van der Waals surface area (Å²) in [4.78, 5) is 18.5. The number of ether oxygens (including phenoxy) is 2. The van der Waals surface area contributed by atoms with Crippen LogP contribution in [0.25, 0.3) is 0 Å². The quantitative estimate of drug-likeness (QED) is 0.459. The van der Waals surface area contributed by atoms with Gasteiger partial charge in [0.15, 0.2) is 0 Å². The lowest BCUT2D eigenvalue weighted by atomic mass is 10.2. The lowest BCUT2D eigenvalue weighted by Gasteiger charge is -2.12. The Morgan fingerprint density at radius 3 is 2.61 bits per heavy atom. The maximum absolute atomic E-state index is 12.2. The SMILES string of the molecule is COCCOC(=NCCN(C)C)NC(=O)c1ccc(Cl)c(Cl)c1. The van der Waals surface area contributed by atoms with Crippen LogP contribution >= 0.6 is 23.2 Å². The largest absolute Gasteiger partial charge is 0.463 e. The Hall–Kier alpha value is -1.34. The van der Waals surface area contributed by atoms with E-state index < -0.39 is 0 Å². The predicted molar refractivity (Wildman–Crippen MR) is 92.6 cm³/mol. The molecule has 0 saturated carbocycles. The minimum atomic E-state index is -0.371. The van der Waals surface area contributed by atoms with Crippen LogP contribution in [-0.2, 0) is 9.47 Å². The van der Waals surface area contributed by atoms with Gasteiger partial charge in [0.25, 0.3) is 11.9 Å². The van der Waals surface area contributed by atoms with E-state index in [1.54, 1.807) is 19.2 Å². The molecule has 8 heteroatoms.